The molecular weight excluding hydrogens is 295 g/mol. The minimum absolute atomic E-state index is 0.146. The fourth-order valence-electron chi connectivity index (χ4n) is 1.74. The highest BCUT2D eigenvalue weighted by Gasteiger charge is 2.63. The standard InChI is InChI=1S/C13H9F5N2O/c1-7-6-10(8-4-2-3-5-9(8)19-7)20-11(21)12(14,15)13(16,17)18/h2-6H,1H3,(H,19,20,21). The van der Waals surface area contributed by atoms with E-state index < -0.39 is 18.0 Å². The number of hydrogen-bond donors (Lipinski definition) is 1. The summed E-state index contributed by atoms with van der Waals surface area (Å²) in [7, 11) is 0. The summed E-state index contributed by atoms with van der Waals surface area (Å²) in [6, 6.07) is 7.43. The van der Waals surface area contributed by atoms with Crippen molar-refractivity contribution in [3.05, 3.63) is 36.0 Å². The molecule has 0 aliphatic carbocycles. The molecule has 0 unspecified atom stereocenters. The Bertz CT molecular complexity index is 697. The molecule has 0 saturated heterocycles. The Morgan fingerprint density at radius 1 is 1.14 bits per heavy atom. The molecule has 0 fully saturated rings. The maximum absolute atomic E-state index is 13.0. The molecule has 0 aliphatic rings. The Morgan fingerprint density at radius 3 is 2.38 bits per heavy atom. The van der Waals surface area contributed by atoms with Crippen LogP contribution in [0.3, 0.4) is 0 Å². The number of pyridine rings is 1. The number of nitrogens with zero attached hydrogens (tertiary/aromatic N) is 1. The van der Waals surface area contributed by atoms with Gasteiger partial charge in [0.25, 0.3) is 0 Å². The number of aromatic nitrogens is 1. The number of amides is 1. The molecule has 0 radical (unpaired) electrons. The van der Waals surface area contributed by atoms with Gasteiger partial charge in [0, 0.05) is 11.1 Å². The molecule has 112 valence electrons. The second-order valence-electron chi connectivity index (χ2n) is 4.35. The van der Waals surface area contributed by atoms with Crippen molar-refractivity contribution in [2.75, 3.05) is 5.32 Å². The SMILES string of the molecule is Cc1cc(NC(=O)C(F)(F)C(F)(F)F)c2ccccc2n1. The third-order valence-electron chi connectivity index (χ3n) is 2.73. The largest absolute Gasteiger partial charge is 0.463 e. The van der Waals surface area contributed by atoms with Gasteiger partial charge in [-0.25, -0.2) is 0 Å². The molecule has 2 rings (SSSR count). The van der Waals surface area contributed by atoms with Crippen molar-refractivity contribution in [1.29, 1.82) is 0 Å². The van der Waals surface area contributed by atoms with E-state index in [1.165, 1.54) is 19.1 Å². The Kier molecular flexibility index (Phi) is 3.56. The molecule has 0 spiro atoms. The predicted molar refractivity (Wildman–Crippen MR) is 66.1 cm³/mol. The zero-order valence-corrected chi connectivity index (χ0v) is 10.6. The van der Waals surface area contributed by atoms with Crippen LogP contribution in [0.4, 0.5) is 27.6 Å². The Morgan fingerprint density at radius 2 is 1.76 bits per heavy atom. The summed E-state index contributed by atoms with van der Waals surface area (Å²) in [6.45, 7) is 1.53. The molecule has 1 aromatic carbocycles. The lowest BCUT2D eigenvalue weighted by Crippen LogP contribution is -2.47. The van der Waals surface area contributed by atoms with E-state index in [0.29, 0.717) is 11.2 Å². The molecular formula is C13H9F5N2O. The highest BCUT2D eigenvalue weighted by molar-refractivity contribution is 6.03. The molecule has 1 amide bonds. The van der Waals surface area contributed by atoms with E-state index in [2.05, 4.69) is 4.98 Å². The average molecular weight is 304 g/mol. The molecule has 21 heavy (non-hydrogen) atoms. The van der Waals surface area contributed by atoms with Gasteiger partial charge in [-0.3, -0.25) is 9.78 Å². The Labute approximate surface area is 115 Å². The van der Waals surface area contributed by atoms with E-state index in [1.807, 2.05) is 0 Å². The number of anilines is 1. The summed E-state index contributed by atoms with van der Waals surface area (Å²) in [4.78, 5) is 15.3. The highest BCUT2D eigenvalue weighted by Crippen LogP contribution is 2.36. The lowest BCUT2D eigenvalue weighted by atomic mass is 10.1. The quantitative estimate of drug-likeness (QED) is 0.860. The minimum atomic E-state index is -5.95. The zero-order valence-electron chi connectivity index (χ0n) is 10.6. The first-order valence-electron chi connectivity index (χ1n) is 5.75. The summed E-state index contributed by atoms with van der Waals surface area (Å²) in [6.07, 6.45) is -5.95. The van der Waals surface area contributed by atoms with Crippen LogP contribution in [0.5, 0.6) is 0 Å². The average Bonchev–Trinajstić information content (AvgIpc) is 2.37. The van der Waals surface area contributed by atoms with Crippen LogP contribution in [-0.2, 0) is 4.79 Å². The fraction of sp³-hybridized carbons (Fsp3) is 0.231. The van der Waals surface area contributed by atoms with E-state index in [9.17, 15) is 26.7 Å². The van der Waals surface area contributed by atoms with Crippen LogP contribution < -0.4 is 5.32 Å². The molecule has 8 heteroatoms. The van der Waals surface area contributed by atoms with E-state index in [-0.39, 0.29) is 11.1 Å². The molecule has 0 saturated carbocycles. The van der Waals surface area contributed by atoms with Crippen LogP contribution in [0.15, 0.2) is 30.3 Å². The number of carbonyl (C=O) groups excluding carboxylic acids is 1. The lowest BCUT2D eigenvalue weighted by Gasteiger charge is -2.19. The molecule has 3 nitrogen and oxygen atoms in total. The number of halogens is 5. The number of fused-ring (bicyclic) bond motifs is 1. The monoisotopic (exact) mass is 304 g/mol. The summed E-state index contributed by atoms with van der Waals surface area (Å²) in [5, 5.41) is 1.90. The van der Waals surface area contributed by atoms with Crippen LogP contribution in [-0.4, -0.2) is 23.0 Å². The topological polar surface area (TPSA) is 42.0 Å². The van der Waals surface area contributed by atoms with Crippen LogP contribution in [0, 0.1) is 6.92 Å². The van der Waals surface area contributed by atoms with Gasteiger partial charge in [0.05, 0.1) is 11.2 Å². The number of carbonyl (C=O) groups is 1. The first-order chi connectivity index (χ1) is 9.63. The van der Waals surface area contributed by atoms with Gasteiger partial charge in [0.2, 0.25) is 0 Å². The van der Waals surface area contributed by atoms with Gasteiger partial charge in [-0.05, 0) is 19.1 Å². The van der Waals surface area contributed by atoms with Gasteiger partial charge in [-0.15, -0.1) is 0 Å². The summed E-state index contributed by atoms with van der Waals surface area (Å²) < 4.78 is 62.4. The fourth-order valence-corrected chi connectivity index (χ4v) is 1.74. The summed E-state index contributed by atoms with van der Waals surface area (Å²) >= 11 is 0. The molecule has 2 aromatic rings. The maximum Gasteiger partial charge on any atom is 0.463 e. The molecule has 0 bridgehead atoms. The van der Waals surface area contributed by atoms with Gasteiger partial charge in [0.1, 0.15) is 0 Å². The number of aryl methyl sites for hydroxylation is 1. The van der Waals surface area contributed by atoms with Crippen molar-refractivity contribution in [3.8, 4) is 0 Å². The number of para-hydroxylation sites is 1. The molecule has 1 aromatic heterocycles. The first-order valence-corrected chi connectivity index (χ1v) is 5.75. The smallest absolute Gasteiger partial charge is 0.320 e. The second-order valence-corrected chi connectivity index (χ2v) is 4.35. The highest BCUT2D eigenvalue weighted by atomic mass is 19.4. The van der Waals surface area contributed by atoms with Crippen molar-refractivity contribution in [3.63, 3.8) is 0 Å². The third-order valence-corrected chi connectivity index (χ3v) is 2.73. The van der Waals surface area contributed by atoms with Crippen molar-refractivity contribution < 1.29 is 26.7 Å². The van der Waals surface area contributed by atoms with Crippen molar-refractivity contribution in [2.45, 2.75) is 19.0 Å². The van der Waals surface area contributed by atoms with Crippen LogP contribution >= 0.6 is 0 Å². The van der Waals surface area contributed by atoms with Gasteiger partial charge in [0.15, 0.2) is 0 Å². The maximum atomic E-state index is 13.0. The molecule has 1 heterocycles. The van der Waals surface area contributed by atoms with Gasteiger partial charge < -0.3 is 5.32 Å². The molecule has 0 aliphatic heterocycles. The van der Waals surface area contributed by atoms with Crippen molar-refractivity contribution >= 4 is 22.5 Å². The number of benzene rings is 1. The first kappa shape index (κ1) is 15.1. The molecule has 1 N–H and O–H groups in total. The third kappa shape index (κ3) is 2.79. The van der Waals surface area contributed by atoms with Crippen LogP contribution in [0.25, 0.3) is 10.9 Å². The summed E-state index contributed by atoms with van der Waals surface area (Å²) in [5.74, 6) is -7.89. The van der Waals surface area contributed by atoms with Gasteiger partial charge in [-0.1, -0.05) is 18.2 Å². The number of nitrogens with one attached hydrogen (secondary N) is 1. The number of hydrogen-bond acceptors (Lipinski definition) is 2. The number of alkyl halides is 5. The lowest BCUT2D eigenvalue weighted by molar-refractivity contribution is -0.267. The number of rotatable bonds is 2. The van der Waals surface area contributed by atoms with E-state index in [4.69, 9.17) is 0 Å². The van der Waals surface area contributed by atoms with Crippen LogP contribution in [0.1, 0.15) is 5.69 Å². The van der Waals surface area contributed by atoms with Crippen molar-refractivity contribution in [2.24, 2.45) is 0 Å². The van der Waals surface area contributed by atoms with E-state index in [1.54, 1.807) is 23.5 Å². The summed E-state index contributed by atoms with van der Waals surface area (Å²) in [5.41, 5.74) is 0.606. The Hall–Kier alpha value is -2.25. The minimum Gasteiger partial charge on any atom is -0.320 e. The van der Waals surface area contributed by atoms with E-state index in [0.717, 1.165) is 0 Å². The van der Waals surface area contributed by atoms with Gasteiger partial charge >= 0.3 is 18.0 Å². The van der Waals surface area contributed by atoms with E-state index >= 15 is 0 Å². The zero-order chi connectivity index (χ0) is 15.8. The second kappa shape index (κ2) is 4.94. The van der Waals surface area contributed by atoms with Crippen LogP contribution in [0.2, 0.25) is 0 Å². The normalized spacial score (nSPS) is 12.5. The molecule has 0 atom stereocenters. The van der Waals surface area contributed by atoms with Gasteiger partial charge in [-0.2, -0.15) is 22.0 Å². The Balaban J connectivity index is 2.43. The predicted octanol–water partition coefficient (Wildman–Crippen LogP) is 3.68. The van der Waals surface area contributed by atoms with Crippen molar-refractivity contribution in [1.82, 2.24) is 4.98 Å².